The molecule has 2 amide bonds. The van der Waals surface area contributed by atoms with Crippen LogP contribution in [0.2, 0.25) is 0 Å². The summed E-state index contributed by atoms with van der Waals surface area (Å²) in [6, 6.07) is -3.14. The second kappa shape index (κ2) is 54.6. The highest BCUT2D eigenvalue weighted by molar-refractivity contribution is 5.76. The smallest absolute Gasteiger partial charge is 0.220 e. The fourth-order valence-corrected chi connectivity index (χ4v) is 16.4. The molecule has 120 heavy (non-hydrogen) atoms. The third kappa shape index (κ3) is 30.5. The number of rotatable bonds is 54. The number of aliphatic hydroxyl groups excluding tert-OH is 20. The lowest BCUT2D eigenvalue weighted by molar-refractivity contribution is -0.411. The van der Waals surface area contributed by atoms with Crippen LogP contribution in [0.5, 0.6) is 0 Å². The minimum Gasteiger partial charge on any atom is -0.394 e. The zero-order valence-electron chi connectivity index (χ0n) is 70.4. The predicted octanol–water partition coefficient (Wildman–Crippen LogP) is -1.91. The Kier molecular flexibility index (Phi) is 47.5. The van der Waals surface area contributed by atoms with Crippen LogP contribution in [0, 0.1) is 0 Å². The van der Waals surface area contributed by atoms with Crippen LogP contribution in [0.1, 0.15) is 227 Å². The zero-order chi connectivity index (χ0) is 87.7. The van der Waals surface area contributed by atoms with Crippen molar-refractivity contribution in [3.05, 3.63) is 12.2 Å². The Morgan fingerprint density at radius 2 is 0.692 bits per heavy atom. The number of ether oxygens (including phenoxy) is 14. The van der Waals surface area contributed by atoms with Gasteiger partial charge in [0.15, 0.2) is 44.0 Å². The maximum Gasteiger partial charge on any atom is 0.220 e. The average Bonchev–Trinajstić information content (AvgIpc) is 0.752. The van der Waals surface area contributed by atoms with Gasteiger partial charge in [-0.1, -0.05) is 193 Å². The highest BCUT2D eigenvalue weighted by atomic mass is 16.8. The molecule has 702 valence electrons. The molecule has 14 unspecified atom stereocenters. The molecular formula is C82H148N2O36. The van der Waals surface area contributed by atoms with Gasteiger partial charge in [0.05, 0.1) is 64.0 Å². The van der Waals surface area contributed by atoms with E-state index in [1.165, 1.54) is 136 Å². The molecule has 0 saturated carbocycles. The quantitative estimate of drug-likeness (QED) is 0.0233. The molecule has 0 aromatic rings. The largest absolute Gasteiger partial charge is 0.394 e. The van der Waals surface area contributed by atoms with E-state index in [0.717, 1.165) is 58.3 Å². The van der Waals surface area contributed by atoms with Gasteiger partial charge in [-0.3, -0.25) is 9.59 Å². The lowest BCUT2D eigenvalue weighted by Crippen LogP contribution is -2.72. The van der Waals surface area contributed by atoms with E-state index in [0.29, 0.717) is 12.8 Å². The van der Waals surface area contributed by atoms with Crippen molar-refractivity contribution in [2.24, 2.45) is 0 Å². The summed E-state index contributed by atoms with van der Waals surface area (Å²) in [7, 11) is 0. The molecule has 38 nitrogen and oxygen atoms in total. The lowest BCUT2D eigenvalue weighted by atomic mass is 9.93. The third-order valence-electron chi connectivity index (χ3n) is 23.9. The fourth-order valence-electron chi connectivity index (χ4n) is 16.4. The second-order valence-electron chi connectivity index (χ2n) is 33.4. The Morgan fingerprint density at radius 3 is 1.17 bits per heavy atom. The van der Waals surface area contributed by atoms with Crippen LogP contribution in [0.3, 0.4) is 0 Å². The van der Waals surface area contributed by atoms with Crippen LogP contribution in [-0.4, -0.2) is 381 Å². The van der Waals surface area contributed by atoms with Crippen molar-refractivity contribution < 1.29 is 178 Å². The summed E-state index contributed by atoms with van der Waals surface area (Å²) >= 11 is 0. The van der Waals surface area contributed by atoms with Crippen molar-refractivity contribution in [3.63, 3.8) is 0 Å². The second-order valence-corrected chi connectivity index (χ2v) is 33.4. The summed E-state index contributed by atoms with van der Waals surface area (Å²) in [5.41, 5.74) is 0. The maximum absolute atomic E-state index is 13.7. The van der Waals surface area contributed by atoms with Gasteiger partial charge in [-0.15, -0.1) is 0 Å². The fraction of sp³-hybridized carbons (Fsp3) is 0.951. The molecule has 0 aromatic heterocycles. The normalized spacial score (nSPS) is 39.5. The zero-order valence-corrected chi connectivity index (χ0v) is 70.4. The van der Waals surface area contributed by atoms with Crippen molar-refractivity contribution in [1.82, 2.24) is 10.6 Å². The van der Waals surface area contributed by atoms with Gasteiger partial charge in [0, 0.05) is 13.3 Å². The number of carbonyl (C=O) groups excluding carboxylic acids is 2. The minimum absolute atomic E-state index is 0.151. The first-order valence-electron chi connectivity index (χ1n) is 44.2. The van der Waals surface area contributed by atoms with Crippen LogP contribution in [0.25, 0.3) is 0 Å². The number of carbonyl (C=O) groups is 2. The number of hydrogen-bond acceptors (Lipinski definition) is 36. The molecule has 22 N–H and O–H groups in total. The summed E-state index contributed by atoms with van der Waals surface area (Å²) in [4.78, 5) is 27.4. The Labute approximate surface area is 703 Å². The number of amides is 2. The summed E-state index contributed by atoms with van der Waals surface area (Å²) < 4.78 is 85.5. The Balaban J connectivity index is 1.09. The molecule has 37 atom stereocenters. The molecule has 0 aromatic carbocycles. The van der Waals surface area contributed by atoms with E-state index in [9.17, 15) is 112 Å². The third-order valence-corrected chi connectivity index (χ3v) is 23.9. The molecule has 0 spiro atoms. The van der Waals surface area contributed by atoms with Gasteiger partial charge in [0.25, 0.3) is 0 Å². The minimum atomic E-state index is -2.33. The van der Waals surface area contributed by atoms with Gasteiger partial charge in [-0.25, -0.2) is 0 Å². The van der Waals surface area contributed by atoms with Crippen molar-refractivity contribution in [2.45, 2.75) is 454 Å². The SMILES string of the molecule is CCCCCCCCCCCCC/C=C/[C@@H](O)[C@H](CO[C@@H]1OC(CO)[C@@H](O[C@@H]2OC(CO)[C@H](O)[C@H](O[C@@H]3OC(CO)[C@@H](O[C@H]4OC(C)[C@@H](O)C(O)[C@@H]4O)[C@H](O[C@@H]4OC(CO)[C@H](O)[C@H](O[C@H]5OC(CO)[C@H](O)[C@H](O)C5O)C4O[C@H]4OC(C)[C@@H](O)C(O)[C@@H]4O)C3NC(C)=O)C2O)[C@H](O)C1O)NC(=O)CCCCCCCCCCCCCCCCCCC. The maximum atomic E-state index is 13.7. The number of hydrogen-bond donors (Lipinski definition) is 22. The van der Waals surface area contributed by atoms with Gasteiger partial charge in [-0.2, -0.15) is 0 Å². The van der Waals surface area contributed by atoms with Crippen LogP contribution in [-0.2, 0) is 75.9 Å². The average molecular weight is 1740 g/mol. The van der Waals surface area contributed by atoms with Crippen molar-refractivity contribution in [1.29, 1.82) is 0 Å². The Hall–Kier alpha value is -2.68. The van der Waals surface area contributed by atoms with Crippen molar-refractivity contribution in [2.75, 3.05) is 39.6 Å². The standard InChI is InChI=1S/C82H148N2O36/c1-6-8-10-12-14-16-18-20-21-22-23-25-27-29-31-33-35-37-54(92)84-47(48(91)36-34-32-30-28-26-24-19-17-15-13-11-9-7-2)43-107-77-68(105)64(101)70(52(41-88)114-77)115-81-69(106)73(59(96)50(39-86)111-81)118-76-55(83-46(5)90)72(71(53(42-89)113-76)116-78-65(102)61(98)56(93)44(3)108-78)117-82-75(120-79-66(103)62(99)57(94)45(4)109-79)74(60(97)51(40-87)112-82)119-80-67(104)63(100)58(95)49(38-85)110-80/h34,36,44-45,47-53,55-82,85-89,91,93-106H,6-33,35,37-43H2,1-5H3,(H,83,90)(H,84,92)/b36-34+/t44?,45?,47-,48+,49?,50?,51?,52?,53?,55?,56+,57+,58-,59-,60-,61?,62?,63-,64+,65-,66-,67?,68?,69?,70+,71+,72+,73-,74-,75?,76-,77+,78+,79+,80+,81-,82-/m0/s1. The highest BCUT2D eigenvalue weighted by Crippen LogP contribution is 2.41. The first-order chi connectivity index (χ1) is 57.6. The topological polar surface area (TPSA) is 592 Å². The van der Waals surface area contributed by atoms with Gasteiger partial charge < -0.3 is 179 Å². The van der Waals surface area contributed by atoms with Gasteiger partial charge in [0.2, 0.25) is 11.8 Å². The van der Waals surface area contributed by atoms with E-state index < -0.39 is 273 Å². The van der Waals surface area contributed by atoms with Crippen LogP contribution in [0.15, 0.2) is 12.2 Å². The van der Waals surface area contributed by atoms with E-state index in [-0.39, 0.29) is 12.3 Å². The van der Waals surface area contributed by atoms with E-state index in [2.05, 4.69) is 24.5 Å². The van der Waals surface area contributed by atoms with E-state index in [1.54, 1.807) is 6.08 Å². The van der Waals surface area contributed by atoms with Crippen molar-refractivity contribution in [3.8, 4) is 0 Å². The van der Waals surface area contributed by atoms with Crippen LogP contribution >= 0.6 is 0 Å². The molecule has 7 saturated heterocycles. The van der Waals surface area contributed by atoms with E-state index in [4.69, 9.17) is 66.3 Å². The molecular weight excluding hydrogens is 1590 g/mol. The van der Waals surface area contributed by atoms with Gasteiger partial charge >= 0.3 is 0 Å². The molecule has 0 bridgehead atoms. The molecule has 7 rings (SSSR count). The summed E-state index contributed by atoms with van der Waals surface area (Å²) in [6.45, 7) is 2.09. The Morgan fingerprint density at radius 1 is 0.342 bits per heavy atom. The molecule has 7 heterocycles. The highest BCUT2D eigenvalue weighted by Gasteiger charge is 2.61. The van der Waals surface area contributed by atoms with Gasteiger partial charge in [-0.05, 0) is 33.1 Å². The molecule has 38 heteroatoms. The Bertz CT molecular complexity index is 2800. The monoisotopic (exact) mass is 1740 g/mol. The molecule has 7 aliphatic heterocycles. The number of nitrogens with one attached hydrogen (secondary N) is 2. The summed E-state index contributed by atoms with van der Waals surface area (Å²) in [5.74, 6) is -1.34. The molecule has 7 fully saturated rings. The molecule has 7 aliphatic rings. The lowest BCUT2D eigenvalue weighted by Gasteiger charge is -2.53. The molecule has 0 aliphatic carbocycles. The number of aliphatic hydroxyl groups is 20. The first kappa shape index (κ1) is 104. The molecule has 0 radical (unpaired) electrons. The van der Waals surface area contributed by atoms with Gasteiger partial charge in [0.1, 0.15) is 159 Å². The summed E-state index contributed by atoms with van der Waals surface area (Å²) in [6.07, 6.45) is -32.3. The van der Waals surface area contributed by atoms with Crippen LogP contribution < -0.4 is 10.6 Å². The number of allylic oxidation sites excluding steroid dienone is 1. The first-order valence-corrected chi connectivity index (χ1v) is 44.2. The predicted molar refractivity (Wildman–Crippen MR) is 421 cm³/mol. The van der Waals surface area contributed by atoms with Crippen molar-refractivity contribution >= 4 is 11.8 Å². The summed E-state index contributed by atoms with van der Waals surface area (Å²) in [5, 5.41) is 230. The van der Waals surface area contributed by atoms with Crippen LogP contribution in [0.4, 0.5) is 0 Å². The van der Waals surface area contributed by atoms with E-state index >= 15 is 0 Å². The number of unbranched alkanes of at least 4 members (excludes halogenated alkanes) is 27. The van der Waals surface area contributed by atoms with E-state index in [1.807, 2.05) is 6.08 Å².